The van der Waals surface area contributed by atoms with E-state index in [1.807, 2.05) is 25.7 Å². The molecule has 0 spiro atoms. The summed E-state index contributed by atoms with van der Waals surface area (Å²) in [6.45, 7) is 9.10. The van der Waals surface area contributed by atoms with Crippen molar-refractivity contribution in [2.24, 2.45) is 5.92 Å². The molecule has 104 valence electrons. The van der Waals surface area contributed by atoms with Crippen molar-refractivity contribution in [3.8, 4) is 0 Å². The van der Waals surface area contributed by atoms with E-state index in [2.05, 4.69) is 0 Å². The zero-order valence-corrected chi connectivity index (χ0v) is 11.9. The van der Waals surface area contributed by atoms with E-state index in [1.165, 1.54) is 0 Å². The summed E-state index contributed by atoms with van der Waals surface area (Å²) in [7, 11) is 0. The first kappa shape index (κ1) is 15.0. The molecule has 0 aromatic carbocycles. The lowest BCUT2D eigenvalue weighted by Crippen LogP contribution is -2.36. The van der Waals surface area contributed by atoms with Gasteiger partial charge in [-0.2, -0.15) is 0 Å². The number of carbonyl (C=O) groups is 2. The Bertz CT molecular complexity index is 284. The molecule has 1 fully saturated rings. The van der Waals surface area contributed by atoms with Gasteiger partial charge in [0.15, 0.2) is 0 Å². The maximum absolute atomic E-state index is 11.9. The minimum absolute atomic E-state index is 0.168. The van der Waals surface area contributed by atoms with Crippen LogP contribution in [0.4, 0.5) is 0 Å². The van der Waals surface area contributed by atoms with E-state index in [0.717, 1.165) is 25.9 Å². The summed E-state index contributed by atoms with van der Waals surface area (Å²) in [5, 5.41) is 0. The van der Waals surface area contributed by atoms with E-state index in [-0.39, 0.29) is 11.8 Å². The molecular weight excluding hydrogens is 228 g/mol. The highest BCUT2D eigenvalue weighted by Gasteiger charge is 2.20. The third kappa shape index (κ3) is 4.67. The first-order valence-electron chi connectivity index (χ1n) is 7.10. The van der Waals surface area contributed by atoms with Gasteiger partial charge < -0.3 is 9.80 Å². The minimum Gasteiger partial charge on any atom is -0.343 e. The zero-order chi connectivity index (χ0) is 13.5. The maximum atomic E-state index is 11.9. The van der Waals surface area contributed by atoms with Crippen molar-refractivity contribution in [1.29, 1.82) is 0 Å². The van der Waals surface area contributed by atoms with E-state index in [9.17, 15) is 9.59 Å². The summed E-state index contributed by atoms with van der Waals surface area (Å²) in [4.78, 5) is 27.5. The second-order valence-corrected chi connectivity index (χ2v) is 5.41. The van der Waals surface area contributed by atoms with Crippen molar-refractivity contribution in [3.05, 3.63) is 0 Å². The van der Waals surface area contributed by atoms with Gasteiger partial charge in [-0.05, 0) is 25.7 Å². The second kappa shape index (κ2) is 7.39. The highest BCUT2D eigenvalue weighted by molar-refractivity contribution is 5.79. The molecule has 18 heavy (non-hydrogen) atoms. The van der Waals surface area contributed by atoms with Gasteiger partial charge in [-0.1, -0.05) is 13.8 Å². The monoisotopic (exact) mass is 254 g/mol. The van der Waals surface area contributed by atoms with Gasteiger partial charge in [-0.25, -0.2) is 0 Å². The third-order valence-electron chi connectivity index (χ3n) is 3.37. The van der Waals surface area contributed by atoms with Crippen molar-refractivity contribution < 1.29 is 9.59 Å². The highest BCUT2D eigenvalue weighted by atomic mass is 16.2. The van der Waals surface area contributed by atoms with Crippen LogP contribution in [0, 0.1) is 5.92 Å². The van der Waals surface area contributed by atoms with Crippen LogP contribution in [-0.2, 0) is 9.59 Å². The van der Waals surface area contributed by atoms with Crippen LogP contribution in [0.3, 0.4) is 0 Å². The fourth-order valence-electron chi connectivity index (χ4n) is 2.29. The van der Waals surface area contributed by atoms with E-state index < -0.39 is 0 Å². The van der Waals surface area contributed by atoms with E-state index in [0.29, 0.717) is 31.8 Å². The summed E-state index contributed by atoms with van der Waals surface area (Å²) in [6.07, 6.45) is 3.29. The first-order valence-corrected chi connectivity index (χ1v) is 7.10. The molecular formula is C14H26N2O2. The molecule has 1 aliphatic rings. The molecule has 2 amide bonds. The summed E-state index contributed by atoms with van der Waals surface area (Å²) in [5.74, 6) is 0.742. The van der Waals surface area contributed by atoms with Gasteiger partial charge >= 0.3 is 0 Å². The summed E-state index contributed by atoms with van der Waals surface area (Å²) < 4.78 is 0. The number of amides is 2. The molecule has 0 atom stereocenters. The van der Waals surface area contributed by atoms with Crippen molar-refractivity contribution in [2.45, 2.75) is 46.5 Å². The van der Waals surface area contributed by atoms with E-state index in [1.54, 1.807) is 4.90 Å². The van der Waals surface area contributed by atoms with Crippen molar-refractivity contribution in [3.63, 3.8) is 0 Å². The molecule has 1 aliphatic heterocycles. The Morgan fingerprint density at radius 3 is 2.33 bits per heavy atom. The van der Waals surface area contributed by atoms with Crippen LogP contribution in [0.25, 0.3) is 0 Å². The highest BCUT2D eigenvalue weighted by Crippen LogP contribution is 2.10. The van der Waals surface area contributed by atoms with Gasteiger partial charge in [0.25, 0.3) is 0 Å². The lowest BCUT2D eigenvalue weighted by atomic mass is 10.1. The minimum atomic E-state index is 0.168. The number of rotatable bonds is 6. The molecule has 1 heterocycles. The molecule has 1 rings (SSSR count). The van der Waals surface area contributed by atoms with Crippen LogP contribution in [0.1, 0.15) is 46.5 Å². The van der Waals surface area contributed by atoms with Crippen LogP contribution in [-0.4, -0.2) is 47.8 Å². The molecule has 0 aliphatic carbocycles. The first-order chi connectivity index (χ1) is 8.54. The molecule has 0 bridgehead atoms. The van der Waals surface area contributed by atoms with Crippen molar-refractivity contribution in [1.82, 2.24) is 9.80 Å². The number of carbonyl (C=O) groups excluding carboxylic acids is 2. The summed E-state index contributed by atoms with van der Waals surface area (Å²) >= 11 is 0. The van der Waals surface area contributed by atoms with Crippen molar-refractivity contribution in [2.75, 3.05) is 26.2 Å². The lowest BCUT2D eigenvalue weighted by Gasteiger charge is -2.23. The van der Waals surface area contributed by atoms with E-state index >= 15 is 0 Å². The van der Waals surface area contributed by atoms with Crippen LogP contribution < -0.4 is 0 Å². The molecule has 0 N–H and O–H groups in total. The SMILES string of the molecule is CCN(CCC(=O)N1CCCC1)C(=O)CC(C)C. The number of nitrogens with zero attached hydrogens (tertiary/aromatic N) is 2. The molecule has 1 saturated heterocycles. The molecule has 0 saturated carbocycles. The Labute approximate surface area is 110 Å². The van der Waals surface area contributed by atoms with Crippen LogP contribution in [0.2, 0.25) is 0 Å². The van der Waals surface area contributed by atoms with Gasteiger partial charge in [-0.3, -0.25) is 9.59 Å². The Balaban J connectivity index is 2.34. The molecule has 4 nitrogen and oxygen atoms in total. The third-order valence-corrected chi connectivity index (χ3v) is 3.37. The molecule has 4 heteroatoms. The molecule has 0 aromatic heterocycles. The average molecular weight is 254 g/mol. The fourth-order valence-corrected chi connectivity index (χ4v) is 2.29. The predicted molar refractivity (Wildman–Crippen MR) is 72.1 cm³/mol. The van der Waals surface area contributed by atoms with Crippen molar-refractivity contribution >= 4 is 11.8 Å². The van der Waals surface area contributed by atoms with Gasteiger partial charge in [0, 0.05) is 39.0 Å². The van der Waals surface area contributed by atoms with Crippen LogP contribution >= 0.6 is 0 Å². The van der Waals surface area contributed by atoms with Crippen LogP contribution in [0.5, 0.6) is 0 Å². The Kier molecular flexibility index (Phi) is 6.16. The lowest BCUT2D eigenvalue weighted by molar-refractivity contribution is -0.134. The average Bonchev–Trinajstić information content (AvgIpc) is 2.82. The van der Waals surface area contributed by atoms with Gasteiger partial charge in [0.2, 0.25) is 11.8 Å². The normalized spacial score (nSPS) is 15.2. The quantitative estimate of drug-likeness (QED) is 0.726. The predicted octanol–water partition coefficient (Wildman–Crippen LogP) is 1.89. The maximum Gasteiger partial charge on any atom is 0.224 e. The molecule has 0 unspecified atom stereocenters. The van der Waals surface area contributed by atoms with Gasteiger partial charge in [0.1, 0.15) is 0 Å². The topological polar surface area (TPSA) is 40.6 Å². The molecule has 0 aromatic rings. The van der Waals surface area contributed by atoms with Gasteiger partial charge in [-0.15, -0.1) is 0 Å². The Hall–Kier alpha value is -1.06. The van der Waals surface area contributed by atoms with E-state index in [4.69, 9.17) is 0 Å². The number of hydrogen-bond acceptors (Lipinski definition) is 2. The Morgan fingerprint density at radius 2 is 1.83 bits per heavy atom. The largest absolute Gasteiger partial charge is 0.343 e. The second-order valence-electron chi connectivity index (χ2n) is 5.41. The standard InChI is InChI=1S/C14H26N2O2/c1-4-15(14(18)11-12(2)3)10-7-13(17)16-8-5-6-9-16/h12H,4-11H2,1-3H3. The Morgan fingerprint density at radius 1 is 1.22 bits per heavy atom. The van der Waals surface area contributed by atoms with Crippen LogP contribution in [0.15, 0.2) is 0 Å². The van der Waals surface area contributed by atoms with Gasteiger partial charge in [0.05, 0.1) is 0 Å². The summed E-state index contributed by atoms with van der Waals surface area (Å²) in [5.41, 5.74) is 0. The smallest absolute Gasteiger partial charge is 0.224 e. The number of hydrogen-bond donors (Lipinski definition) is 0. The molecule has 0 radical (unpaired) electrons. The fraction of sp³-hybridized carbons (Fsp3) is 0.857. The zero-order valence-electron chi connectivity index (χ0n) is 11.9. The number of likely N-dealkylation sites (tertiary alicyclic amines) is 1. The summed E-state index contributed by atoms with van der Waals surface area (Å²) in [6, 6.07) is 0.